The van der Waals surface area contributed by atoms with Gasteiger partial charge in [0.05, 0.1) is 13.2 Å². The molecule has 4 aliphatic rings. The lowest BCUT2D eigenvalue weighted by atomic mass is 9.83. The molecule has 11 heteroatoms. The van der Waals surface area contributed by atoms with E-state index in [1.54, 1.807) is 0 Å². The minimum atomic E-state index is -0.764. The van der Waals surface area contributed by atoms with E-state index in [1.807, 2.05) is 46.9 Å². The summed E-state index contributed by atoms with van der Waals surface area (Å²) in [6, 6.07) is 7.39. The number of piperidine rings is 1. The number of halogens is 1. The summed E-state index contributed by atoms with van der Waals surface area (Å²) in [5.74, 6) is 0.326. The molecule has 2 heterocycles. The van der Waals surface area contributed by atoms with Crippen LogP contribution >= 0.6 is 11.6 Å². The maximum atomic E-state index is 12.2. The van der Waals surface area contributed by atoms with Crippen LogP contribution in [-0.2, 0) is 35.1 Å². The lowest BCUT2D eigenvalue weighted by molar-refractivity contribution is -0.145. The maximum absolute atomic E-state index is 12.2. The first-order valence-corrected chi connectivity index (χ1v) is 19.4. The van der Waals surface area contributed by atoms with Gasteiger partial charge in [0.15, 0.2) is 0 Å². The van der Waals surface area contributed by atoms with Crippen molar-refractivity contribution in [2.24, 2.45) is 17.8 Å². The van der Waals surface area contributed by atoms with Crippen LogP contribution in [0, 0.1) is 17.8 Å². The molecular formula is C39H67ClN4O6. The lowest BCUT2D eigenvalue weighted by Gasteiger charge is -2.33. The largest absolute Gasteiger partial charge is 0.467 e. The minimum Gasteiger partial charge on any atom is -0.467 e. The van der Waals surface area contributed by atoms with Gasteiger partial charge in [0.1, 0.15) is 6.04 Å². The van der Waals surface area contributed by atoms with Crippen molar-refractivity contribution in [2.45, 2.75) is 136 Å². The number of rotatable bonds is 10. The average Bonchev–Trinajstić information content (AvgIpc) is 3.71. The van der Waals surface area contributed by atoms with Gasteiger partial charge >= 0.3 is 5.97 Å². The predicted octanol–water partition coefficient (Wildman–Crippen LogP) is 6.38. The fourth-order valence-corrected chi connectivity index (χ4v) is 7.62. The van der Waals surface area contributed by atoms with Crippen LogP contribution in [0.2, 0.25) is 5.02 Å². The normalized spacial score (nSPS) is 22.6. The minimum absolute atomic E-state index is 0.0313. The number of methoxy groups -OCH3 is 2. The molecule has 2 aliphatic carbocycles. The first-order chi connectivity index (χ1) is 24.2. The fraction of sp³-hybridized carbons (Fsp3) is 0.744. The summed E-state index contributed by atoms with van der Waals surface area (Å²) in [5.41, 5.74) is 1.18. The quantitative estimate of drug-likeness (QED) is 0.163. The summed E-state index contributed by atoms with van der Waals surface area (Å²) in [6.45, 7) is 12.0. The Hall–Kier alpha value is -2.69. The van der Waals surface area contributed by atoms with Gasteiger partial charge < -0.3 is 30.7 Å². The third kappa shape index (κ3) is 16.6. The molecule has 5 rings (SSSR count). The Morgan fingerprint density at radius 2 is 1.70 bits per heavy atom. The highest BCUT2D eigenvalue weighted by molar-refractivity contribution is 6.30. The van der Waals surface area contributed by atoms with Gasteiger partial charge in [0, 0.05) is 37.1 Å². The van der Waals surface area contributed by atoms with Crippen molar-refractivity contribution < 1.29 is 28.7 Å². The molecule has 0 bridgehead atoms. The molecule has 1 aromatic rings. The van der Waals surface area contributed by atoms with Crippen molar-refractivity contribution in [1.82, 2.24) is 21.3 Å². The van der Waals surface area contributed by atoms with Crippen LogP contribution in [0.15, 0.2) is 24.3 Å². The van der Waals surface area contributed by atoms with E-state index in [0.29, 0.717) is 18.4 Å². The highest BCUT2D eigenvalue weighted by Gasteiger charge is 2.45. The van der Waals surface area contributed by atoms with E-state index < -0.39 is 12.0 Å². The predicted molar refractivity (Wildman–Crippen MR) is 202 cm³/mol. The molecule has 1 aromatic carbocycles. The number of hydrogen-bond donors (Lipinski definition) is 4. The number of carbonyl (C=O) groups is 4. The monoisotopic (exact) mass is 722 g/mol. The van der Waals surface area contributed by atoms with E-state index >= 15 is 0 Å². The molecule has 4 unspecified atom stereocenters. The zero-order valence-corrected chi connectivity index (χ0v) is 32.7. The molecule has 3 amide bonds. The van der Waals surface area contributed by atoms with E-state index in [4.69, 9.17) is 21.1 Å². The Morgan fingerprint density at radius 3 is 2.28 bits per heavy atom. The van der Waals surface area contributed by atoms with E-state index in [2.05, 4.69) is 33.4 Å². The number of esters is 1. The molecule has 4 N–H and O–H groups in total. The van der Waals surface area contributed by atoms with Crippen molar-refractivity contribution in [3.05, 3.63) is 34.9 Å². The summed E-state index contributed by atoms with van der Waals surface area (Å²) in [5, 5.41) is 12.5. The molecule has 1 spiro atoms. The maximum Gasteiger partial charge on any atom is 0.328 e. The molecule has 0 aromatic heterocycles. The van der Waals surface area contributed by atoms with Crippen LogP contribution in [0.5, 0.6) is 0 Å². The second-order valence-electron chi connectivity index (χ2n) is 13.3. The van der Waals surface area contributed by atoms with Crippen molar-refractivity contribution in [2.75, 3.05) is 33.9 Å². The lowest BCUT2D eigenvalue weighted by Crippen LogP contribution is -2.49. The number of benzene rings is 1. The van der Waals surface area contributed by atoms with Gasteiger partial charge in [-0.1, -0.05) is 77.1 Å². The first-order valence-electron chi connectivity index (χ1n) is 19.0. The Morgan fingerprint density at radius 1 is 1.02 bits per heavy atom. The highest BCUT2D eigenvalue weighted by atomic mass is 35.5. The zero-order valence-electron chi connectivity index (χ0n) is 31.9. The van der Waals surface area contributed by atoms with E-state index in [9.17, 15) is 19.2 Å². The van der Waals surface area contributed by atoms with Crippen LogP contribution in [-0.4, -0.2) is 75.7 Å². The number of hydrogen-bond acceptors (Lipinski definition) is 7. The molecule has 2 saturated heterocycles. The van der Waals surface area contributed by atoms with E-state index in [1.165, 1.54) is 71.0 Å². The summed E-state index contributed by atoms with van der Waals surface area (Å²) >= 11 is 5.97. The number of nitrogens with one attached hydrogen (secondary N) is 4. The third-order valence-electron chi connectivity index (χ3n) is 9.83. The van der Waals surface area contributed by atoms with E-state index in [0.717, 1.165) is 56.2 Å². The zero-order chi connectivity index (χ0) is 37.4. The van der Waals surface area contributed by atoms with Crippen LogP contribution in [0.25, 0.3) is 0 Å². The van der Waals surface area contributed by atoms with Gasteiger partial charge in [-0.05, 0) is 100 Å². The Kier molecular flexibility index (Phi) is 23.7. The summed E-state index contributed by atoms with van der Waals surface area (Å²) < 4.78 is 10.2. The SMILES string of the molecule is CC.CC.COC(=O)C(CC1CC2(CCNCC2)NC1=O)NC(C)=O.COC1CCCC1Cc1cccc(Cl)c1.O=CNCC1CCCCC1. The first kappa shape index (κ1) is 45.3. The van der Waals surface area contributed by atoms with Gasteiger partial charge in [-0.2, -0.15) is 0 Å². The van der Waals surface area contributed by atoms with Gasteiger partial charge in [0.25, 0.3) is 0 Å². The van der Waals surface area contributed by atoms with Crippen LogP contribution in [0.1, 0.15) is 117 Å². The van der Waals surface area contributed by atoms with Crippen molar-refractivity contribution in [1.29, 1.82) is 0 Å². The fourth-order valence-electron chi connectivity index (χ4n) is 7.41. The Balaban J connectivity index is 0.000000377. The molecule has 286 valence electrons. The van der Waals surface area contributed by atoms with Crippen LogP contribution in [0.3, 0.4) is 0 Å². The number of ether oxygens (including phenoxy) is 2. The highest BCUT2D eigenvalue weighted by Crippen LogP contribution is 2.35. The molecule has 4 atom stereocenters. The average molecular weight is 723 g/mol. The standard InChI is InChI=1S/C14H23N3O4.C13H17ClO.C8H15NO.2C2H6/c1-9(18)16-11(13(20)21-2)7-10-8-14(17-12(10)19)3-5-15-6-4-14;1-15-13-7-3-5-11(13)8-10-4-2-6-12(14)9-10;10-7-9-6-8-4-2-1-3-5-8;2*1-2/h10-11,15H,3-8H2,1-2H3,(H,16,18)(H,17,19);2,4,6,9,11,13H,3,5,7-8H2,1H3;7-8H,1-6H2,(H,9,10);2*1-2H3. The molecule has 0 radical (unpaired) electrons. The molecule has 50 heavy (non-hydrogen) atoms. The van der Waals surface area contributed by atoms with Gasteiger partial charge in [0.2, 0.25) is 18.2 Å². The summed E-state index contributed by atoms with van der Waals surface area (Å²) in [7, 11) is 3.10. The van der Waals surface area contributed by atoms with Crippen molar-refractivity contribution >= 4 is 35.8 Å². The third-order valence-corrected chi connectivity index (χ3v) is 10.1. The molecular weight excluding hydrogens is 656 g/mol. The number of amides is 3. The molecule has 10 nitrogen and oxygen atoms in total. The van der Waals surface area contributed by atoms with Crippen molar-refractivity contribution in [3.8, 4) is 0 Å². The van der Waals surface area contributed by atoms with Gasteiger partial charge in [-0.3, -0.25) is 14.4 Å². The second kappa shape index (κ2) is 26.1. The van der Waals surface area contributed by atoms with Crippen LogP contribution in [0.4, 0.5) is 0 Å². The Bertz CT molecular complexity index is 1110. The molecule has 2 aliphatic heterocycles. The van der Waals surface area contributed by atoms with Gasteiger partial charge in [-0.25, -0.2) is 4.79 Å². The van der Waals surface area contributed by atoms with Crippen LogP contribution < -0.4 is 21.3 Å². The van der Waals surface area contributed by atoms with Crippen molar-refractivity contribution in [3.63, 3.8) is 0 Å². The Labute approximate surface area is 307 Å². The van der Waals surface area contributed by atoms with Gasteiger partial charge in [-0.15, -0.1) is 0 Å². The summed E-state index contributed by atoms with van der Waals surface area (Å²) in [4.78, 5) is 45.0. The topological polar surface area (TPSA) is 135 Å². The summed E-state index contributed by atoms with van der Waals surface area (Å²) in [6.07, 6.45) is 15.6. The smallest absolute Gasteiger partial charge is 0.328 e. The number of carbonyl (C=O) groups excluding carboxylic acids is 4. The van der Waals surface area contributed by atoms with E-state index in [-0.39, 0.29) is 29.7 Å². The molecule has 4 fully saturated rings. The second-order valence-corrected chi connectivity index (χ2v) is 13.7. The molecule has 2 saturated carbocycles.